The van der Waals surface area contributed by atoms with Gasteiger partial charge in [-0.3, -0.25) is 4.79 Å². The van der Waals surface area contributed by atoms with E-state index in [1.165, 1.54) is 43.4 Å². The zero-order valence-corrected chi connectivity index (χ0v) is 17.3. The highest BCUT2D eigenvalue weighted by molar-refractivity contribution is 7.15. The van der Waals surface area contributed by atoms with Crippen molar-refractivity contribution >= 4 is 17.2 Å². The van der Waals surface area contributed by atoms with Gasteiger partial charge in [0.2, 0.25) is 0 Å². The molecule has 6 nitrogen and oxygen atoms in total. The van der Waals surface area contributed by atoms with Gasteiger partial charge in [0.1, 0.15) is 17.6 Å². The van der Waals surface area contributed by atoms with Crippen molar-refractivity contribution in [1.82, 2.24) is 15.6 Å². The number of aliphatic hydroxyl groups is 1. The fourth-order valence-electron chi connectivity index (χ4n) is 4.51. The Labute approximate surface area is 166 Å². The van der Waals surface area contributed by atoms with Gasteiger partial charge in [0, 0.05) is 19.1 Å². The number of hydrogen-bond donors (Lipinski definition) is 3. The summed E-state index contributed by atoms with van der Waals surface area (Å²) in [6, 6.07) is 0.318. The molecule has 1 aromatic heterocycles. The third kappa shape index (κ3) is 5.90. The van der Waals surface area contributed by atoms with Crippen molar-refractivity contribution in [3.63, 3.8) is 0 Å². The van der Waals surface area contributed by atoms with Gasteiger partial charge >= 0.3 is 0 Å². The maximum Gasteiger partial charge on any atom is 0.273 e. The van der Waals surface area contributed by atoms with Gasteiger partial charge in [-0.15, -0.1) is 0 Å². The maximum atomic E-state index is 12.3. The van der Waals surface area contributed by atoms with Gasteiger partial charge < -0.3 is 20.5 Å². The van der Waals surface area contributed by atoms with Crippen LogP contribution >= 0.6 is 11.3 Å². The van der Waals surface area contributed by atoms with Crippen LogP contribution in [0.4, 0.5) is 0 Å². The van der Waals surface area contributed by atoms with Crippen molar-refractivity contribution in [2.24, 2.45) is 17.8 Å². The monoisotopic (exact) mass is 395 g/mol. The fourth-order valence-corrected chi connectivity index (χ4v) is 5.20. The standard InChI is InChI=1S/C20H33N3O3S/c1-13(2)22-10-16(24)12-26-20-23-11-18(27-20)19(25)21-9-3-4-17-14-5-6-15(17)8-7-14/h11,13-17,22,24H,3-10,12H2,1-2H3,(H,21,25). The zero-order valence-electron chi connectivity index (χ0n) is 16.4. The van der Waals surface area contributed by atoms with Gasteiger partial charge in [0.25, 0.3) is 11.1 Å². The van der Waals surface area contributed by atoms with E-state index in [0.717, 1.165) is 30.7 Å². The minimum Gasteiger partial charge on any atom is -0.467 e. The molecule has 27 heavy (non-hydrogen) atoms. The summed E-state index contributed by atoms with van der Waals surface area (Å²) in [6.07, 6.45) is 8.95. The van der Waals surface area contributed by atoms with Gasteiger partial charge in [-0.25, -0.2) is 4.98 Å². The molecule has 3 N–H and O–H groups in total. The number of amides is 1. The van der Waals surface area contributed by atoms with Crippen molar-refractivity contribution in [3.05, 3.63) is 11.1 Å². The summed E-state index contributed by atoms with van der Waals surface area (Å²) in [5, 5.41) is 16.4. The quantitative estimate of drug-likeness (QED) is 0.502. The van der Waals surface area contributed by atoms with Crippen LogP contribution in [0.3, 0.4) is 0 Å². The van der Waals surface area contributed by atoms with Crippen LogP contribution < -0.4 is 15.4 Å². The smallest absolute Gasteiger partial charge is 0.273 e. The van der Waals surface area contributed by atoms with E-state index in [4.69, 9.17) is 4.74 Å². The van der Waals surface area contributed by atoms with E-state index in [-0.39, 0.29) is 12.5 Å². The average molecular weight is 396 g/mol. The lowest BCUT2D eigenvalue weighted by atomic mass is 9.92. The Balaban J connectivity index is 1.32. The van der Waals surface area contributed by atoms with Gasteiger partial charge in [-0.1, -0.05) is 25.2 Å². The number of carbonyl (C=O) groups is 1. The largest absolute Gasteiger partial charge is 0.467 e. The number of aromatic nitrogens is 1. The Hall–Kier alpha value is -1.18. The second-order valence-electron chi connectivity index (χ2n) is 8.26. The summed E-state index contributed by atoms with van der Waals surface area (Å²) >= 11 is 1.22. The van der Waals surface area contributed by atoms with Crippen LogP contribution in [0.25, 0.3) is 0 Å². The molecular formula is C20H33N3O3S. The first-order chi connectivity index (χ1) is 13.0. The summed E-state index contributed by atoms with van der Waals surface area (Å²) in [7, 11) is 0. The van der Waals surface area contributed by atoms with E-state index in [2.05, 4.69) is 15.6 Å². The van der Waals surface area contributed by atoms with Crippen LogP contribution in [-0.2, 0) is 0 Å². The minimum absolute atomic E-state index is 0.0845. The molecule has 2 bridgehead atoms. The molecule has 0 aromatic carbocycles. The predicted molar refractivity (Wildman–Crippen MR) is 107 cm³/mol. The summed E-state index contributed by atoms with van der Waals surface area (Å²) in [6.45, 7) is 5.41. The molecular weight excluding hydrogens is 362 g/mol. The molecule has 0 aliphatic heterocycles. The van der Waals surface area contributed by atoms with E-state index in [9.17, 15) is 9.90 Å². The molecule has 0 saturated heterocycles. The molecule has 7 heteroatoms. The first kappa shape index (κ1) is 20.6. The van der Waals surface area contributed by atoms with Crippen LogP contribution in [-0.4, -0.2) is 47.8 Å². The Morgan fingerprint density at radius 2 is 2.04 bits per heavy atom. The maximum absolute atomic E-state index is 12.3. The Morgan fingerprint density at radius 1 is 1.33 bits per heavy atom. The number of ether oxygens (including phenoxy) is 1. The number of fused-ring (bicyclic) bond motifs is 2. The predicted octanol–water partition coefficient (Wildman–Crippen LogP) is 2.83. The van der Waals surface area contributed by atoms with Crippen molar-refractivity contribution < 1.29 is 14.6 Å². The zero-order chi connectivity index (χ0) is 19.2. The summed E-state index contributed by atoms with van der Waals surface area (Å²) in [4.78, 5) is 16.9. The van der Waals surface area contributed by atoms with Crippen molar-refractivity contribution in [2.45, 2.75) is 64.5 Å². The van der Waals surface area contributed by atoms with Gasteiger partial charge in [-0.2, -0.15) is 0 Å². The number of rotatable bonds is 11. The molecule has 1 atom stereocenters. The van der Waals surface area contributed by atoms with E-state index < -0.39 is 6.10 Å². The van der Waals surface area contributed by atoms with Crippen LogP contribution in [0.5, 0.6) is 5.19 Å². The summed E-state index contributed by atoms with van der Waals surface area (Å²) in [5.74, 6) is 2.73. The number of carbonyl (C=O) groups excluding carboxylic acids is 1. The second-order valence-corrected chi connectivity index (χ2v) is 9.25. The van der Waals surface area contributed by atoms with E-state index in [1.807, 2.05) is 13.8 Å². The average Bonchev–Trinajstić information content (AvgIpc) is 3.37. The lowest BCUT2D eigenvalue weighted by Crippen LogP contribution is -2.35. The lowest BCUT2D eigenvalue weighted by molar-refractivity contribution is 0.0956. The molecule has 1 amide bonds. The van der Waals surface area contributed by atoms with E-state index >= 15 is 0 Å². The molecule has 0 spiro atoms. The Kier molecular flexibility index (Phi) is 7.49. The van der Waals surface area contributed by atoms with E-state index in [1.54, 1.807) is 6.20 Å². The topological polar surface area (TPSA) is 83.5 Å². The molecule has 3 rings (SSSR count). The molecule has 0 radical (unpaired) electrons. The molecule has 1 heterocycles. The van der Waals surface area contributed by atoms with Crippen molar-refractivity contribution in [2.75, 3.05) is 19.7 Å². The summed E-state index contributed by atoms with van der Waals surface area (Å²) < 4.78 is 5.49. The third-order valence-corrected chi connectivity index (χ3v) is 6.81. The third-order valence-electron chi connectivity index (χ3n) is 5.90. The molecule has 1 aromatic rings. The van der Waals surface area contributed by atoms with Crippen LogP contribution in [0.1, 0.15) is 62.0 Å². The van der Waals surface area contributed by atoms with Crippen molar-refractivity contribution in [1.29, 1.82) is 0 Å². The fraction of sp³-hybridized carbons (Fsp3) is 0.800. The van der Waals surface area contributed by atoms with Gasteiger partial charge in [0.05, 0.1) is 6.20 Å². The van der Waals surface area contributed by atoms with Crippen molar-refractivity contribution in [3.8, 4) is 5.19 Å². The van der Waals surface area contributed by atoms with E-state index in [0.29, 0.717) is 22.7 Å². The highest BCUT2D eigenvalue weighted by Crippen LogP contribution is 2.51. The minimum atomic E-state index is -0.598. The van der Waals surface area contributed by atoms with Crippen LogP contribution in [0, 0.1) is 17.8 Å². The molecule has 2 aliphatic rings. The highest BCUT2D eigenvalue weighted by Gasteiger charge is 2.40. The lowest BCUT2D eigenvalue weighted by Gasteiger charge is -2.15. The second kappa shape index (κ2) is 9.85. The van der Waals surface area contributed by atoms with Crippen LogP contribution in [0.2, 0.25) is 0 Å². The number of aliphatic hydroxyl groups excluding tert-OH is 1. The molecule has 2 saturated carbocycles. The number of nitrogens with one attached hydrogen (secondary N) is 2. The Morgan fingerprint density at radius 3 is 2.70 bits per heavy atom. The number of nitrogens with zero attached hydrogens (tertiary/aromatic N) is 1. The van der Waals surface area contributed by atoms with Crippen LogP contribution in [0.15, 0.2) is 6.20 Å². The number of hydrogen-bond acceptors (Lipinski definition) is 6. The molecule has 1 unspecified atom stereocenters. The highest BCUT2D eigenvalue weighted by atomic mass is 32.1. The normalized spacial score (nSPS) is 25.1. The molecule has 2 aliphatic carbocycles. The first-order valence-corrected chi connectivity index (χ1v) is 11.1. The SMILES string of the molecule is CC(C)NCC(O)COc1ncc(C(=O)NCCCC2C3CCC2CC3)s1. The molecule has 152 valence electrons. The summed E-state index contributed by atoms with van der Waals surface area (Å²) in [5.41, 5.74) is 0. The van der Waals surface area contributed by atoms with Gasteiger partial charge in [0.15, 0.2) is 0 Å². The van der Waals surface area contributed by atoms with Gasteiger partial charge in [-0.05, 0) is 56.3 Å². The number of thiazole rings is 1. The molecule has 2 fully saturated rings. The Bertz CT molecular complexity index is 587. The first-order valence-electron chi connectivity index (χ1n) is 10.3.